The van der Waals surface area contributed by atoms with Gasteiger partial charge in [0.1, 0.15) is 5.75 Å². The van der Waals surface area contributed by atoms with Gasteiger partial charge >= 0.3 is 0 Å². The van der Waals surface area contributed by atoms with Crippen LogP contribution in [0.3, 0.4) is 0 Å². The summed E-state index contributed by atoms with van der Waals surface area (Å²) in [7, 11) is 0. The Hall–Kier alpha value is -1.28. The van der Waals surface area contributed by atoms with E-state index in [2.05, 4.69) is 31.8 Å². The van der Waals surface area contributed by atoms with E-state index in [1.807, 2.05) is 24.3 Å². The van der Waals surface area contributed by atoms with E-state index in [0.717, 1.165) is 50.6 Å². The van der Waals surface area contributed by atoms with Gasteiger partial charge in [-0.2, -0.15) is 0 Å². The number of allylic oxidation sites excluding steroid dienone is 1. The van der Waals surface area contributed by atoms with Gasteiger partial charge in [0.2, 0.25) is 0 Å². The Labute approximate surface area is 117 Å². The van der Waals surface area contributed by atoms with Crippen LogP contribution in [0, 0.1) is 5.92 Å². The molecule has 2 nitrogen and oxygen atoms in total. The van der Waals surface area contributed by atoms with E-state index < -0.39 is 0 Å². The van der Waals surface area contributed by atoms with Crippen molar-refractivity contribution in [1.29, 1.82) is 0 Å². The number of hydrogen-bond donors (Lipinski definition) is 1. The topological polar surface area (TPSA) is 21.3 Å². The summed E-state index contributed by atoms with van der Waals surface area (Å²) in [5.41, 5.74) is 1.22. The number of ether oxygens (including phenoxy) is 1. The molecule has 0 saturated carbocycles. The predicted molar refractivity (Wildman–Crippen MR) is 82.8 cm³/mol. The molecule has 1 N–H and O–H groups in total. The molecule has 0 aliphatic heterocycles. The minimum Gasteiger partial charge on any atom is -0.493 e. The van der Waals surface area contributed by atoms with Gasteiger partial charge in [-0.05, 0) is 49.9 Å². The smallest absolute Gasteiger partial charge is 0.122 e. The quantitative estimate of drug-likeness (QED) is 0.510. The second-order valence-electron chi connectivity index (χ2n) is 5.25. The molecule has 19 heavy (non-hydrogen) atoms. The molecule has 106 valence electrons. The molecule has 0 saturated heterocycles. The average molecular weight is 261 g/mol. The molecule has 0 aromatic heterocycles. The second-order valence-corrected chi connectivity index (χ2v) is 5.25. The maximum absolute atomic E-state index is 5.84. The highest BCUT2D eigenvalue weighted by Crippen LogP contribution is 2.18. The molecule has 0 heterocycles. The monoisotopic (exact) mass is 261 g/mol. The van der Waals surface area contributed by atoms with Crippen molar-refractivity contribution >= 4 is 0 Å². The zero-order chi connectivity index (χ0) is 13.9. The fourth-order valence-corrected chi connectivity index (χ4v) is 1.89. The van der Waals surface area contributed by atoms with E-state index in [0.29, 0.717) is 0 Å². The molecule has 0 radical (unpaired) electrons. The van der Waals surface area contributed by atoms with Gasteiger partial charge < -0.3 is 10.1 Å². The Bertz CT molecular complexity index is 360. The molecule has 0 aliphatic carbocycles. The number of hydrogen-bond acceptors (Lipinski definition) is 2. The van der Waals surface area contributed by atoms with Gasteiger partial charge in [0.15, 0.2) is 0 Å². The predicted octanol–water partition coefficient (Wildman–Crippen LogP) is 3.82. The van der Waals surface area contributed by atoms with Gasteiger partial charge in [-0.25, -0.2) is 0 Å². The molecule has 0 aliphatic rings. The fraction of sp³-hybridized carbons (Fsp3) is 0.529. The summed E-state index contributed by atoms with van der Waals surface area (Å²) in [6.07, 6.45) is 5.04. The Kier molecular flexibility index (Phi) is 7.99. The number of benzene rings is 1. The molecule has 0 atom stereocenters. The molecule has 1 rings (SSSR count). The summed E-state index contributed by atoms with van der Waals surface area (Å²) in [5, 5.41) is 3.45. The largest absolute Gasteiger partial charge is 0.493 e. The van der Waals surface area contributed by atoms with Crippen LogP contribution in [-0.4, -0.2) is 19.7 Å². The van der Waals surface area contributed by atoms with Crippen LogP contribution >= 0.6 is 0 Å². The third-order valence-electron chi connectivity index (χ3n) is 2.89. The molecule has 0 bridgehead atoms. The molecule has 2 heteroatoms. The second kappa shape index (κ2) is 9.62. The van der Waals surface area contributed by atoms with Crippen molar-refractivity contribution in [1.82, 2.24) is 5.32 Å². The molecule has 0 spiro atoms. The van der Waals surface area contributed by atoms with Crippen LogP contribution in [0.1, 0.15) is 32.3 Å². The summed E-state index contributed by atoms with van der Waals surface area (Å²) < 4.78 is 5.84. The number of nitrogens with one attached hydrogen (secondary N) is 1. The highest BCUT2D eigenvalue weighted by molar-refractivity contribution is 5.34. The van der Waals surface area contributed by atoms with Gasteiger partial charge in [-0.15, -0.1) is 6.58 Å². The first kappa shape index (κ1) is 15.8. The van der Waals surface area contributed by atoms with Crippen molar-refractivity contribution in [3.05, 3.63) is 42.5 Å². The molecule has 0 unspecified atom stereocenters. The first-order valence-electron chi connectivity index (χ1n) is 7.26. The van der Waals surface area contributed by atoms with E-state index in [4.69, 9.17) is 4.74 Å². The number of unbranched alkanes of at least 4 members (excludes halogenated alkanes) is 1. The van der Waals surface area contributed by atoms with E-state index in [-0.39, 0.29) is 0 Å². The van der Waals surface area contributed by atoms with Crippen molar-refractivity contribution in [3.8, 4) is 5.75 Å². The van der Waals surface area contributed by atoms with E-state index in [9.17, 15) is 0 Å². The van der Waals surface area contributed by atoms with Crippen molar-refractivity contribution in [3.63, 3.8) is 0 Å². The maximum atomic E-state index is 5.84. The lowest BCUT2D eigenvalue weighted by Gasteiger charge is -2.11. The van der Waals surface area contributed by atoms with Crippen LogP contribution in [0.4, 0.5) is 0 Å². The molecule has 0 amide bonds. The van der Waals surface area contributed by atoms with E-state index >= 15 is 0 Å². The highest BCUT2D eigenvalue weighted by Gasteiger charge is 2.00. The van der Waals surface area contributed by atoms with Gasteiger partial charge in [0.25, 0.3) is 0 Å². The first-order chi connectivity index (χ1) is 9.24. The molecule has 1 aromatic carbocycles. The SMILES string of the molecule is C=CCc1ccccc1OCCCCNCC(C)C. The highest BCUT2D eigenvalue weighted by atomic mass is 16.5. The third-order valence-corrected chi connectivity index (χ3v) is 2.89. The Morgan fingerprint density at radius 1 is 1.26 bits per heavy atom. The van der Waals surface area contributed by atoms with Crippen LogP contribution in [0.5, 0.6) is 5.75 Å². The summed E-state index contributed by atoms with van der Waals surface area (Å²) >= 11 is 0. The Morgan fingerprint density at radius 3 is 2.79 bits per heavy atom. The summed E-state index contributed by atoms with van der Waals surface area (Å²) in [4.78, 5) is 0. The molecular formula is C17H27NO. The third kappa shape index (κ3) is 7.02. The van der Waals surface area contributed by atoms with Gasteiger partial charge in [0.05, 0.1) is 6.61 Å². The minimum atomic E-state index is 0.724. The Morgan fingerprint density at radius 2 is 2.05 bits per heavy atom. The van der Waals surface area contributed by atoms with Crippen molar-refractivity contribution in [2.45, 2.75) is 33.1 Å². The van der Waals surface area contributed by atoms with Crippen LogP contribution in [-0.2, 0) is 6.42 Å². The normalized spacial score (nSPS) is 10.7. The first-order valence-corrected chi connectivity index (χ1v) is 7.26. The number of rotatable bonds is 10. The lowest BCUT2D eigenvalue weighted by molar-refractivity contribution is 0.303. The number of para-hydroxylation sites is 1. The van der Waals surface area contributed by atoms with Crippen molar-refractivity contribution in [2.75, 3.05) is 19.7 Å². The van der Waals surface area contributed by atoms with Gasteiger partial charge in [-0.1, -0.05) is 38.1 Å². The van der Waals surface area contributed by atoms with E-state index in [1.165, 1.54) is 5.56 Å². The van der Waals surface area contributed by atoms with Crippen molar-refractivity contribution in [2.24, 2.45) is 5.92 Å². The fourth-order valence-electron chi connectivity index (χ4n) is 1.89. The Balaban J connectivity index is 2.17. The lowest BCUT2D eigenvalue weighted by atomic mass is 10.1. The lowest BCUT2D eigenvalue weighted by Crippen LogP contribution is -2.21. The summed E-state index contributed by atoms with van der Waals surface area (Å²) in [5.74, 6) is 1.72. The standard InChI is InChI=1S/C17H27NO/c1-4-9-16-10-5-6-11-17(16)19-13-8-7-12-18-14-15(2)3/h4-6,10-11,15,18H,1,7-9,12-14H2,2-3H3. The van der Waals surface area contributed by atoms with Gasteiger partial charge in [-0.3, -0.25) is 0 Å². The molecule has 1 aromatic rings. The van der Waals surface area contributed by atoms with Gasteiger partial charge in [0, 0.05) is 0 Å². The van der Waals surface area contributed by atoms with Crippen molar-refractivity contribution < 1.29 is 4.74 Å². The zero-order valence-corrected chi connectivity index (χ0v) is 12.3. The van der Waals surface area contributed by atoms with Crippen LogP contribution < -0.4 is 10.1 Å². The molecule has 0 fully saturated rings. The zero-order valence-electron chi connectivity index (χ0n) is 12.3. The summed E-state index contributed by atoms with van der Waals surface area (Å²) in [6, 6.07) is 8.20. The van der Waals surface area contributed by atoms with Crippen LogP contribution in [0.15, 0.2) is 36.9 Å². The van der Waals surface area contributed by atoms with Crippen LogP contribution in [0.25, 0.3) is 0 Å². The molecular weight excluding hydrogens is 234 g/mol. The minimum absolute atomic E-state index is 0.724. The summed E-state index contributed by atoms with van der Waals surface area (Å²) in [6.45, 7) is 11.2. The van der Waals surface area contributed by atoms with E-state index in [1.54, 1.807) is 0 Å². The van der Waals surface area contributed by atoms with Crippen LogP contribution in [0.2, 0.25) is 0 Å². The average Bonchev–Trinajstić information content (AvgIpc) is 2.39. The maximum Gasteiger partial charge on any atom is 0.122 e.